The summed E-state index contributed by atoms with van der Waals surface area (Å²) in [6, 6.07) is 14.1. The molecule has 1 amide bonds. The van der Waals surface area contributed by atoms with Crippen LogP contribution in [0.1, 0.15) is 37.9 Å². The number of carbonyl (C=O) groups is 2. The van der Waals surface area contributed by atoms with Crippen molar-refractivity contribution in [1.29, 1.82) is 0 Å². The number of carbonyl (C=O) groups excluding carboxylic acids is 2. The van der Waals surface area contributed by atoms with Crippen LogP contribution in [0, 0.1) is 12.8 Å². The van der Waals surface area contributed by atoms with E-state index in [9.17, 15) is 14.7 Å². The van der Waals surface area contributed by atoms with Gasteiger partial charge in [0.2, 0.25) is 0 Å². The standard InChI is InChI=1S/C23H25NO4/c1-5-28-18-11-7-10-17(13-18)24-20(16-9-6-8-15(4)12-16)19(21(25)14(2)3)22(26)23(24)27/h6-14,20,26H,5H2,1-4H3. The molecule has 5 nitrogen and oxygen atoms in total. The predicted octanol–water partition coefficient (Wildman–Crippen LogP) is 4.52. The van der Waals surface area contributed by atoms with Crippen molar-refractivity contribution in [2.75, 3.05) is 11.5 Å². The molecule has 146 valence electrons. The van der Waals surface area contributed by atoms with Crippen LogP contribution in [0.2, 0.25) is 0 Å². The molecule has 0 bridgehead atoms. The molecular formula is C23H25NO4. The number of hydrogen-bond donors (Lipinski definition) is 1. The average molecular weight is 379 g/mol. The third-order valence-electron chi connectivity index (χ3n) is 4.76. The van der Waals surface area contributed by atoms with Gasteiger partial charge in [0.15, 0.2) is 11.5 Å². The van der Waals surface area contributed by atoms with Crippen molar-refractivity contribution in [3.63, 3.8) is 0 Å². The van der Waals surface area contributed by atoms with Crippen LogP contribution in [-0.2, 0) is 9.59 Å². The number of amides is 1. The molecule has 0 spiro atoms. The number of anilines is 1. The fourth-order valence-electron chi connectivity index (χ4n) is 3.48. The fourth-order valence-corrected chi connectivity index (χ4v) is 3.48. The number of nitrogens with zero attached hydrogens (tertiary/aromatic N) is 1. The molecule has 1 N–H and O–H groups in total. The van der Waals surface area contributed by atoms with Crippen LogP contribution in [0.3, 0.4) is 0 Å². The van der Waals surface area contributed by atoms with Crippen molar-refractivity contribution in [2.24, 2.45) is 5.92 Å². The quantitative estimate of drug-likeness (QED) is 0.801. The number of aliphatic hydroxyl groups is 1. The van der Waals surface area contributed by atoms with Gasteiger partial charge in [0.25, 0.3) is 5.91 Å². The maximum Gasteiger partial charge on any atom is 0.294 e. The number of aryl methyl sites for hydroxylation is 1. The number of Topliss-reactive ketones (excluding diaryl/α,β-unsaturated/α-hetero) is 1. The smallest absolute Gasteiger partial charge is 0.294 e. The van der Waals surface area contributed by atoms with Crippen LogP contribution in [-0.4, -0.2) is 23.4 Å². The van der Waals surface area contributed by atoms with Crippen LogP contribution < -0.4 is 9.64 Å². The third kappa shape index (κ3) is 3.52. The van der Waals surface area contributed by atoms with Crippen molar-refractivity contribution in [1.82, 2.24) is 0 Å². The maximum atomic E-state index is 13.0. The molecule has 0 saturated carbocycles. The largest absolute Gasteiger partial charge is 0.503 e. The number of hydrogen-bond acceptors (Lipinski definition) is 4. The molecule has 1 unspecified atom stereocenters. The van der Waals surface area contributed by atoms with Gasteiger partial charge in [-0.3, -0.25) is 14.5 Å². The van der Waals surface area contributed by atoms with E-state index in [0.717, 1.165) is 11.1 Å². The molecule has 1 aliphatic heterocycles. The Hall–Kier alpha value is -3.08. The monoisotopic (exact) mass is 379 g/mol. The minimum absolute atomic E-state index is 0.146. The third-order valence-corrected chi connectivity index (χ3v) is 4.76. The van der Waals surface area contributed by atoms with Gasteiger partial charge in [0.05, 0.1) is 18.2 Å². The maximum absolute atomic E-state index is 13.0. The average Bonchev–Trinajstić information content (AvgIpc) is 2.93. The second kappa shape index (κ2) is 7.89. The molecule has 2 aromatic rings. The van der Waals surface area contributed by atoms with E-state index in [1.807, 2.05) is 44.2 Å². The zero-order valence-electron chi connectivity index (χ0n) is 16.6. The molecule has 1 atom stereocenters. The predicted molar refractivity (Wildman–Crippen MR) is 109 cm³/mol. The van der Waals surface area contributed by atoms with Crippen LogP contribution >= 0.6 is 0 Å². The van der Waals surface area contributed by atoms with E-state index < -0.39 is 17.7 Å². The SMILES string of the molecule is CCOc1cccc(N2C(=O)C(O)=C(C(=O)C(C)C)C2c2cccc(C)c2)c1. The van der Waals surface area contributed by atoms with Crippen LogP contribution in [0.25, 0.3) is 0 Å². The highest BCUT2D eigenvalue weighted by Gasteiger charge is 2.44. The first-order valence-electron chi connectivity index (χ1n) is 9.45. The highest BCUT2D eigenvalue weighted by atomic mass is 16.5. The molecule has 2 aromatic carbocycles. The Morgan fingerprint density at radius 1 is 1.18 bits per heavy atom. The summed E-state index contributed by atoms with van der Waals surface area (Å²) in [7, 11) is 0. The summed E-state index contributed by atoms with van der Waals surface area (Å²) in [6.07, 6.45) is 0. The Morgan fingerprint density at radius 3 is 2.54 bits per heavy atom. The van der Waals surface area contributed by atoms with Crippen molar-refractivity contribution in [2.45, 2.75) is 33.7 Å². The van der Waals surface area contributed by atoms with Gasteiger partial charge in [0.1, 0.15) is 5.75 Å². The lowest BCUT2D eigenvalue weighted by molar-refractivity contribution is -0.119. The highest BCUT2D eigenvalue weighted by molar-refractivity contribution is 6.16. The van der Waals surface area contributed by atoms with Crippen LogP contribution in [0.15, 0.2) is 59.9 Å². The topological polar surface area (TPSA) is 66.8 Å². The summed E-state index contributed by atoms with van der Waals surface area (Å²) in [6.45, 7) is 7.86. The summed E-state index contributed by atoms with van der Waals surface area (Å²) in [5, 5.41) is 10.6. The first-order chi connectivity index (χ1) is 13.3. The van der Waals surface area contributed by atoms with E-state index in [4.69, 9.17) is 4.74 Å². The lowest BCUT2D eigenvalue weighted by atomic mass is 9.90. The van der Waals surface area contributed by atoms with E-state index >= 15 is 0 Å². The minimum Gasteiger partial charge on any atom is -0.503 e. The first-order valence-corrected chi connectivity index (χ1v) is 9.45. The van der Waals surface area contributed by atoms with Crippen LogP contribution in [0.4, 0.5) is 5.69 Å². The van der Waals surface area contributed by atoms with Crippen molar-refractivity contribution < 1.29 is 19.4 Å². The second-order valence-corrected chi connectivity index (χ2v) is 7.20. The molecule has 5 heteroatoms. The number of rotatable bonds is 6. The van der Waals surface area contributed by atoms with Gasteiger partial charge < -0.3 is 9.84 Å². The zero-order valence-corrected chi connectivity index (χ0v) is 16.6. The minimum atomic E-state index is -0.681. The lowest BCUT2D eigenvalue weighted by Gasteiger charge is -2.28. The highest BCUT2D eigenvalue weighted by Crippen LogP contribution is 2.42. The molecule has 1 aliphatic rings. The molecule has 0 aliphatic carbocycles. The second-order valence-electron chi connectivity index (χ2n) is 7.20. The molecule has 0 aromatic heterocycles. The Morgan fingerprint density at radius 2 is 1.89 bits per heavy atom. The Balaban J connectivity index is 2.17. The van der Waals surface area contributed by atoms with Gasteiger partial charge in [-0.05, 0) is 31.5 Å². The van der Waals surface area contributed by atoms with E-state index in [1.165, 1.54) is 4.90 Å². The molecule has 3 rings (SSSR count). The van der Waals surface area contributed by atoms with E-state index in [2.05, 4.69) is 0 Å². The molecule has 0 saturated heterocycles. The van der Waals surface area contributed by atoms with Crippen molar-refractivity contribution >= 4 is 17.4 Å². The Kier molecular flexibility index (Phi) is 5.54. The number of ketones is 1. The Bertz CT molecular complexity index is 945. The van der Waals surface area contributed by atoms with Gasteiger partial charge >= 0.3 is 0 Å². The molecular weight excluding hydrogens is 354 g/mol. The van der Waals surface area contributed by atoms with Crippen molar-refractivity contribution in [3.8, 4) is 5.75 Å². The number of benzene rings is 2. The fraction of sp³-hybridized carbons (Fsp3) is 0.304. The lowest BCUT2D eigenvalue weighted by Crippen LogP contribution is -2.31. The van der Waals surface area contributed by atoms with Crippen LogP contribution in [0.5, 0.6) is 5.75 Å². The van der Waals surface area contributed by atoms with E-state index in [-0.39, 0.29) is 17.3 Å². The molecule has 0 fully saturated rings. The molecule has 28 heavy (non-hydrogen) atoms. The summed E-state index contributed by atoms with van der Waals surface area (Å²) in [4.78, 5) is 27.4. The van der Waals surface area contributed by atoms with E-state index in [1.54, 1.807) is 32.0 Å². The summed E-state index contributed by atoms with van der Waals surface area (Å²) in [5.41, 5.74) is 2.51. The first kappa shape index (κ1) is 19.7. The molecule has 1 heterocycles. The van der Waals surface area contributed by atoms with E-state index in [0.29, 0.717) is 18.0 Å². The Labute approximate surface area is 165 Å². The summed E-state index contributed by atoms with van der Waals surface area (Å²) in [5.74, 6) is -1.01. The van der Waals surface area contributed by atoms with Gasteiger partial charge in [-0.15, -0.1) is 0 Å². The zero-order chi connectivity index (χ0) is 20.4. The van der Waals surface area contributed by atoms with Crippen molar-refractivity contribution in [3.05, 3.63) is 71.0 Å². The molecule has 0 radical (unpaired) electrons. The number of ether oxygens (including phenoxy) is 1. The number of aliphatic hydroxyl groups excluding tert-OH is 1. The summed E-state index contributed by atoms with van der Waals surface area (Å²) >= 11 is 0. The normalized spacial score (nSPS) is 16.8. The van der Waals surface area contributed by atoms with Gasteiger partial charge in [-0.25, -0.2) is 0 Å². The van der Waals surface area contributed by atoms with Gasteiger partial charge in [-0.1, -0.05) is 49.7 Å². The summed E-state index contributed by atoms with van der Waals surface area (Å²) < 4.78 is 5.56. The van der Waals surface area contributed by atoms with Gasteiger partial charge in [0, 0.05) is 17.7 Å². The van der Waals surface area contributed by atoms with Gasteiger partial charge in [-0.2, -0.15) is 0 Å².